The van der Waals surface area contributed by atoms with Crippen molar-refractivity contribution < 1.29 is 43.2 Å². The maximum absolute atomic E-state index is 12.4. The number of rotatable bonds is 36. The van der Waals surface area contributed by atoms with Crippen LogP contribution in [0.25, 0.3) is 0 Å². The Bertz CT molecular complexity index is 771. The summed E-state index contributed by atoms with van der Waals surface area (Å²) in [4.78, 5) is 49.0. The van der Waals surface area contributed by atoms with Crippen LogP contribution in [0.15, 0.2) is 0 Å². The zero-order chi connectivity index (χ0) is 36.2. The highest BCUT2D eigenvalue weighted by atomic mass is 16.6. The number of hydrogen-bond donors (Lipinski definition) is 1. The summed E-state index contributed by atoms with van der Waals surface area (Å²) < 4.78 is 21.7. The predicted molar refractivity (Wildman–Crippen MR) is 195 cm³/mol. The van der Waals surface area contributed by atoms with Crippen molar-refractivity contribution in [3.63, 3.8) is 0 Å². The largest absolute Gasteiger partial charge is 0.465 e. The number of unbranched alkanes of at least 4 members (excludes halogenated alkanes) is 17. The van der Waals surface area contributed by atoms with Gasteiger partial charge < -0.3 is 24.1 Å². The lowest BCUT2D eigenvalue weighted by molar-refractivity contribution is -0.151. The molecule has 1 atom stereocenters. The van der Waals surface area contributed by atoms with E-state index >= 15 is 0 Å². The smallest absolute Gasteiger partial charge is 0.305 e. The van der Waals surface area contributed by atoms with E-state index in [0.29, 0.717) is 38.5 Å². The average Bonchev–Trinajstić information content (AvgIpc) is 3.09. The van der Waals surface area contributed by atoms with E-state index in [1.807, 2.05) is 0 Å². The first-order valence-electron chi connectivity index (χ1n) is 20.1. The summed E-state index contributed by atoms with van der Waals surface area (Å²) in [6.45, 7) is 6.69. The fourth-order valence-electron chi connectivity index (χ4n) is 5.53. The number of carbonyl (C=O) groups is 4. The van der Waals surface area contributed by atoms with Gasteiger partial charge in [-0.15, -0.1) is 0 Å². The Morgan fingerprint density at radius 2 is 0.653 bits per heavy atom. The maximum Gasteiger partial charge on any atom is 0.305 e. The quantitative estimate of drug-likeness (QED) is 0.0387. The van der Waals surface area contributed by atoms with Crippen LogP contribution in [0.1, 0.15) is 188 Å². The molecule has 0 amide bonds. The van der Waals surface area contributed by atoms with Crippen LogP contribution in [0.2, 0.25) is 0 Å². The molecular formula is C40H74O9. The average molecular weight is 699 g/mol. The molecule has 0 rings (SSSR count). The zero-order valence-corrected chi connectivity index (χ0v) is 31.8. The Labute approximate surface area is 299 Å². The van der Waals surface area contributed by atoms with Crippen LogP contribution in [0.5, 0.6) is 0 Å². The summed E-state index contributed by atoms with van der Waals surface area (Å²) >= 11 is 0. The lowest BCUT2D eigenvalue weighted by Crippen LogP contribution is -2.24. The second-order valence-corrected chi connectivity index (χ2v) is 13.8. The van der Waals surface area contributed by atoms with E-state index in [0.717, 1.165) is 70.6 Å². The standard InChI is InChI=1S/C40H74O9/c1-4-7-10-13-14-15-16-19-22-28-39(44)48-33-36(30-41)34-49-40(45)29-24-23-25-35(31-46-37(42)26-20-17-11-8-5-2)32-47-38(43)27-21-18-12-9-6-3/h35-36,41H,4-34H2,1-3H3. The lowest BCUT2D eigenvalue weighted by atomic mass is 10.0. The number of carbonyl (C=O) groups excluding carboxylic acids is 4. The third-order valence-electron chi connectivity index (χ3n) is 8.87. The van der Waals surface area contributed by atoms with Gasteiger partial charge in [-0.05, 0) is 32.1 Å². The van der Waals surface area contributed by atoms with Crippen molar-refractivity contribution in [1.29, 1.82) is 0 Å². The van der Waals surface area contributed by atoms with Crippen LogP contribution in [-0.4, -0.2) is 62.0 Å². The molecule has 1 N–H and O–H groups in total. The van der Waals surface area contributed by atoms with Gasteiger partial charge in [0.2, 0.25) is 0 Å². The van der Waals surface area contributed by atoms with Gasteiger partial charge in [0.15, 0.2) is 0 Å². The molecule has 9 nitrogen and oxygen atoms in total. The number of ether oxygens (including phenoxy) is 4. The summed E-state index contributed by atoms with van der Waals surface area (Å²) in [6, 6.07) is 0. The minimum absolute atomic E-state index is 0.00788. The van der Waals surface area contributed by atoms with Crippen LogP contribution in [0.3, 0.4) is 0 Å². The molecular weight excluding hydrogens is 624 g/mol. The van der Waals surface area contributed by atoms with Crippen LogP contribution in [0, 0.1) is 11.8 Å². The monoisotopic (exact) mass is 699 g/mol. The van der Waals surface area contributed by atoms with Crippen molar-refractivity contribution in [2.75, 3.05) is 33.0 Å². The first-order valence-corrected chi connectivity index (χ1v) is 20.1. The predicted octanol–water partition coefficient (Wildman–Crippen LogP) is 9.59. The fraction of sp³-hybridized carbons (Fsp3) is 0.900. The lowest BCUT2D eigenvalue weighted by Gasteiger charge is -2.17. The molecule has 0 spiro atoms. The molecule has 1 unspecified atom stereocenters. The van der Waals surface area contributed by atoms with Crippen LogP contribution < -0.4 is 0 Å². The molecule has 0 saturated carbocycles. The summed E-state index contributed by atoms with van der Waals surface area (Å²) in [6.07, 6.45) is 24.4. The van der Waals surface area contributed by atoms with E-state index in [1.165, 1.54) is 51.4 Å². The van der Waals surface area contributed by atoms with Crippen LogP contribution in [0.4, 0.5) is 0 Å². The minimum atomic E-state index is -0.455. The van der Waals surface area contributed by atoms with Crippen molar-refractivity contribution >= 4 is 23.9 Å². The van der Waals surface area contributed by atoms with Gasteiger partial charge in [0.25, 0.3) is 0 Å². The van der Waals surface area contributed by atoms with Gasteiger partial charge >= 0.3 is 23.9 Å². The van der Waals surface area contributed by atoms with E-state index in [9.17, 15) is 24.3 Å². The van der Waals surface area contributed by atoms with E-state index in [4.69, 9.17) is 18.9 Å². The van der Waals surface area contributed by atoms with E-state index in [-0.39, 0.29) is 69.3 Å². The highest BCUT2D eigenvalue weighted by molar-refractivity contribution is 5.70. The van der Waals surface area contributed by atoms with Crippen molar-refractivity contribution in [3.05, 3.63) is 0 Å². The molecule has 9 heteroatoms. The van der Waals surface area contributed by atoms with Gasteiger partial charge in [-0.1, -0.05) is 130 Å². The molecule has 49 heavy (non-hydrogen) atoms. The minimum Gasteiger partial charge on any atom is -0.465 e. The first kappa shape index (κ1) is 46.8. The Hall–Kier alpha value is -2.16. The molecule has 0 saturated heterocycles. The molecule has 0 aromatic heterocycles. The summed E-state index contributed by atoms with van der Waals surface area (Å²) in [5, 5.41) is 9.67. The maximum atomic E-state index is 12.4. The molecule has 0 fully saturated rings. The molecule has 0 heterocycles. The third kappa shape index (κ3) is 32.8. The Morgan fingerprint density at radius 3 is 0.959 bits per heavy atom. The Kier molecular flexibility index (Phi) is 34.1. The summed E-state index contributed by atoms with van der Waals surface area (Å²) in [7, 11) is 0. The third-order valence-corrected chi connectivity index (χ3v) is 8.87. The highest BCUT2D eigenvalue weighted by Gasteiger charge is 2.17. The number of aliphatic hydroxyl groups excluding tert-OH is 1. The second-order valence-electron chi connectivity index (χ2n) is 13.8. The van der Waals surface area contributed by atoms with Gasteiger partial charge in [-0.3, -0.25) is 19.2 Å². The normalized spacial score (nSPS) is 11.8. The summed E-state index contributed by atoms with van der Waals surface area (Å²) in [5.74, 6) is -1.69. The van der Waals surface area contributed by atoms with Crippen LogP contribution >= 0.6 is 0 Å². The van der Waals surface area contributed by atoms with Gasteiger partial charge in [-0.25, -0.2) is 0 Å². The topological polar surface area (TPSA) is 125 Å². The summed E-state index contributed by atoms with van der Waals surface area (Å²) in [5.41, 5.74) is 0. The highest BCUT2D eigenvalue weighted by Crippen LogP contribution is 2.15. The van der Waals surface area contributed by atoms with E-state index < -0.39 is 5.92 Å². The van der Waals surface area contributed by atoms with Gasteiger partial charge in [0, 0.05) is 31.6 Å². The number of esters is 4. The molecule has 0 aliphatic heterocycles. The number of hydrogen-bond acceptors (Lipinski definition) is 9. The van der Waals surface area contributed by atoms with E-state index in [1.54, 1.807) is 0 Å². The van der Waals surface area contributed by atoms with Crippen LogP contribution in [-0.2, 0) is 38.1 Å². The van der Waals surface area contributed by atoms with Crippen molar-refractivity contribution in [3.8, 4) is 0 Å². The molecule has 288 valence electrons. The SMILES string of the molecule is CCCCCCCCCCCC(=O)OCC(CO)COC(=O)CCCCC(COC(=O)CCCCCCC)COC(=O)CCCCCCC. The molecule has 0 aliphatic carbocycles. The Morgan fingerprint density at radius 1 is 0.388 bits per heavy atom. The molecule has 0 aromatic rings. The second kappa shape index (κ2) is 35.7. The number of aliphatic hydroxyl groups is 1. The van der Waals surface area contributed by atoms with Crippen molar-refractivity contribution in [2.45, 2.75) is 188 Å². The van der Waals surface area contributed by atoms with Crippen molar-refractivity contribution in [1.82, 2.24) is 0 Å². The van der Waals surface area contributed by atoms with Gasteiger partial charge in [0.05, 0.1) is 39.0 Å². The first-order chi connectivity index (χ1) is 23.9. The Balaban J connectivity index is 4.35. The van der Waals surface area contributed by atoms with Gasteiger partial charge in [-0.2, -0.15) is 0 Å². The fourth-order valence-corrected chi connectivity index (χ4v) is 5.53. The molecule has 0 bridgehead atoms. The zero-order valence-electron chi connectivity index (χ0n) is 31.8. The van der Waals surface area contributed by atoms with Crippen molar-refractivity contribution in [2.24, 2.45) is 11.8 Å². The molecule has 0 radical (unpaired) electrons. The molecule has 0 aromatic carbocycles. The molecule has 0 aliphatic rings. The van der Waals surface area contributed by atoms with Gasteiger partial charge in [0.1, 0.15) is 0 Å². The van der Waals surface area contributed by atoms with E-state index in [2.05, 4.69) is 20.8 Å².